The molecule has 3 aromatic rings. The minimum absolute atomic E-state index is 0.262. The molecule has 0 saturated carbocycles. The van der Waals surface area contributed by atoms with E-state index in [-0.39, 0.29) is 24.1 Å². The Kier molecular flexibility index (Phi) is 5.52. The number of amides is 3. The zero-order chi connectivity index (χ0) is 24.7. The average molecular weight is 473 g/mol. The molecule has 0 radical (unpaired) electrons. The molecule has 2 aliphatic rings. The van der Waals surface area contributed by atoms with Crippen LogP contribution in [-0.2, 0) is 4.79 Å². The molecular weight excluding hydrogens is 450 g/mol. The minimum atomic E-state index is -0.804. The highest BCUT2D eigenvalue weighted by atomic mass is 16.5. The Labute approximate surface area is 201 Å². The van der Waals surface area contributed by atoms with Crippen molar-refractivity contribution in [3.63, 3.8) is 0 Å². The van der Waals surface area contributed by atoms with E-state index in [1.165, 1.54) is 24.0 Å². The minimum Gasteiger partial charge on any atom is -0.497 e. The number of rotatable bonds is 6. The molecule has 1 N–H and O–H groups in total. The van der Waals surface area contributed by atoms with Gasteiger partial charge >= 0.3 is 0 Å². The Morgan fingerprint density at radius 3 is 2.31 bits per heavy atom. The quantitative estimate of drug-likeness (QED) is 0.589. The fourth-order valence-electron chi connectivity index (χ4n) is 4.62. The van der Waals surface area contributed by atoms with Crippen molar-refractivity contribution < 1.29 is 28.6 Å². The van der Waals surface area contributed by atoms with Crippen LogP contribution in [0.1, 0.15) is 32.4 Å². The third-order valence-electron chi connectivity index (χ3n) is 6.17. The third kappa shape index (κ3) is 3.52. The maximum absolute atomic E-state index is 13.7. The van der Waals surface area contributed by atoms with Gasteiger partial charge in [0.2, 0.25) is 5.91 Å². The summed E-state index contributed by atoms with van der Waals surface area (Å²) in [7, 11) is 4.51. The molecule has 3 amide bonds. The molecule has 0 aliphatic carbocycles. The van der Waals surface area contributed by atoms with Crippen molar-refractivity contribution in [2.45, 2.75) is 6.17 Å². The lowest BCUT2D eigenvalue weighted by Gasteiger charge is -2.40. The van der Waals surface area contributed by atoms with E-state index in [9.17, 15) is 14.4 Å². The summed E-state index contributed by atoms with van der Waals surface area (Å²) in [6.07, 6.45) is -0.804. The SMILES string of the molecule is COc1ccc(NC(=O)CN2C(=O)c3ccccc3N3C(=O)c4c(ccc(OC)c4OC)[C@@H]23)cc1. The second-order valence-corrected chi connectivity index (χ2v) is 8.04. The normalized spacial score (nSPS) is 15.8. The Morgan fingerprint density at radius 2 is 1.63 bits per heavy atom. The molecule has 3 aromatic carbocycles. The van der Waals surface area contributed by atoms with Gasteiger partial charge in [0.1, 0.15) is 18.5 Å². The van der Waals surface area contributed by atoms with Crippen LogP contribution < -0.4 is 24.4 Å². The fourth-order valence-corrected chi connectivity index (χ4v) is 4.62. The molecule has 9 nitrogen and oxygen atoms in total. The number of hydrogen-bond donors (Lipinski definition) is 1. The number of methoxy groups -OCH3 is 3. The number of benzene rings is 3. The van der Waals surface area contributed by atoms with Crippen molar-refractivity contribution >= 4 is 29.1 Å². The van der Waals surface area contributed by atoms with Crippen LogP contribution in [0.3, 0.4) is 0 Å². The number of anilines is 2. The zero-order valence-corrected chi connectivity index (χ0v) is 19.4. The summed E-state index contributed by atoms with van der Waals surface area (Å²) in [5, 5.41) is 2.80. The van der Waals surface area contributed by atoms with E-state index in [4.69, 9.17) is 14.2 Å². The number of nitrogens with one attached hydrogen (secondary N) is 1. The summed E-state index contributed by atoms with van der Waals surface area (Å²) in [5.41, 5.74) is 2.26. The number of fused-ring (bicyclic) bond motifs is 5. The van der Waals surface area contributed by atoms with Gasteiger partial charge in [-0.05, 0) is 42.5 Å². The van der Waals surface area contributed by atoms with E-state index in [2.05, 4.69) is 5.32 Å². The summed E-state index contributed by atoms with van der Waals surface area (Å²) in [6.45, 7) is -0.262. The highest BCUT2D eigenvalue weighted by molar-refractivity contribution is 6.18. The third-order valence-corrected chi connectivity index (χ3v) is 6.17. The number of ether oxygens (including phenoxy) is 3. The molecule has 35 heavy (non-hydrogen) atoms. The van der Waals surface area contributed by atoms with Gasteiger partial charge in [-0.15, -0.1) is 0 Å². The summed E-state index contributed by atoms with van der Waals surface area (Å²) >= 11 is 0. The molecule has 178 valence electrons. The number of carbonyl (C=O) groups excluding carboxylic acids is 3. The lowest BCUT2D eigenvalue weighted by molar-refractivity contribution is -0.117. The first-order valence-corrected chi connectivity index (χ1v) is 10.9. The van der Waals surface area contributed by atoms with Crippen LogP contribution in [-0.4, -0.2) is 50.5 Å². The van der Waals surface area contributed by atoms with Crippen LogP contribution in [0.4, 0.5) is 11.4 Å². The molecule has 0 bridgehead atoms. The number of nitrogens with zero attached hydrogens (tertiary/aromatic N) is 2. The van der Waals surface area contributed by atoms with Crippen molar-refractivity contribution in [1.29, 1.82) is 0 Å². The van der Waals surface area contributed by atoms with Crippen LogP contribution in [0.2, 0.25) is 0 Å². The van der Waals surface area contributed by atoms with Gasteiger partial charge in [0.15, 0.2) is 11.5 Å². The summed E-state index contributed by atoms with van der Waals surface area (Å²) in [5.74, 6) is 0.277. The molecule has 2 aliphatic heterocycles. The predicted octanol–water partition coefficient (Wildman–Crippen LogP) is 3.47. The van der Waals surface area contributed by atoms with Gasteiger partial charge < -0.3 is 24.4 Å². The fraction of sp³-hybridized carbons (Fsp3) is 0.192. The highest BCUT2D eigenvalue weighted by Crippen LogP contribution is 2.49. The highest BCUT2D eigenvalue weighted by Gasteiger charge is 2.50. The van der Waals surface area contributed by atoms with E-state index in [1.54, 1.807) is 67.8 Å². The number of carbonyl (C=O) groups is 3. The van der Waals surface area contributed by atoms with Crippen LogP contribution in [0.25, 0.3) is 0 Å². The maximum Gasteiger partial charge on any atom is 0.264 e. The topological polar surface area (TPSA) is 97.4 Å². The second-order valence-electron chi connectivity index (χ2n) is 8.04. The van der Waals surface area contributed by atoms with Crippen LogP contribution >= 0.6 is 0 Å². The van der Waals surface area contributed by atoms with Gasteiger partial charge in [-0.1, -0.05) is 18.2 Å². The van der Waals surface area contributed by atoms with Crippen molar-refractivity contribution in [1.82, 2.24) is 4.90 Å². The Hall–Kier alpha value is -4.53. The van der Waals surface area contributed by atoms with Gasteiger partial charge in [0.05, 0.1) is 38.1 Å². The van der Waals surface area contributed by atoms with Gasteiger partial charge in [0, 0.05) is 11.3 Å². The zero-order valence-electron chi connectivity index (χ0n) is 19.4. The molecule has 2 heterocycles. The van der Waals surface area contributed by atoms with Crippen molar-refractivity contribution in [2.75, 3.05) is 38.1 Å². The molecule has 9 heteroatoms. The van der Waals surface area contributed by atoms with Gasteiger partial charge in [-0.3, -0.25) is 19.3 Å². The van der Waals surface area contributed by atoms with E-state index in [1.807, 2.05) is 0 Å². The largest absolute Gasteiger partial charge is 0.497 e. The van der Waals surface area contributed by atoms with Gasteiger partial charge in [0.25, 0.3) is 11.8 Å². The lowest BCUT2D eigenvalue weighted by Crippen LogP contribution is -2.50. The summed E-state index contributed by atoms with van der Waals surface area (Å²) in [4.78, 5) is 43.2. The van der Waals surface area contributed by atoms with E-state index in [0.717, 1.165) is 0 Å². The molecular formula is C26H23N3O6. The van der Waals surface area contributed by atoms with E-state index >= 15 is 0 Å². The summed E-state index contributed by atoms with van der Waals surface area (Å²) in [6, 6.07) is 17.2. The number of hydrogen-bond acceptors (Lipinski definition) is 6. The van der Waals surface area contributed by atoms with E-state index < -0.39 is 12.1 Å². The van der Waals surface area contributed by atoms with Crippen LogP contribution in [0.15, 0.2) is 60.7 Å². The molecule has 0 saturated heterocycles. The molecule has 0 spiro atoms. The Morgan fingerprint density at radius 1 is 0.886 bits per heavy atom. The molecule has 0 unspecified atom stereocenters. The first kappa shape index (κ1) is 22.3. The average Bonchev–Trinajstić information content (AvgIpc) is 3.18. The number of para-hydroxylation sites is 1. The Bertz CT molecular complexity index is 1340. The van der Waals surface area contributed by atoms with Crippen molar-refractivity contribution in [2.24, 2.45) is 0 Å². The first-order valence-electron chi connectivity index (χ1n) is 10.9. The first-order chi connectivity index (χ1) is 17.0. The lowest BCUT2D eigenvalue weighted by atomic mass is 10.0. The standard InChI is InChI=1S/C26H23N3O6/c1-33-16-10-8-15(9-11-16)27-21(30)14-28-24-18-12-13-20(34-2)23(35-3)22(18)26(32)29(24)19-7-5-4-6-17(19)25(28)31/h4-13,24H,14H2,1-3H3,(H,27,30)/t24-/m0/s1. The van der Waals surface area contributed by atoms with Crippen molar-refractivity contribution in [3.05, 3.63) is 77.4 Å². The second kappa shape index (κ2) is 8.68. The monoisotopic (exact) mass is 473 g/mol. The van der Waals surface area contributed by atoms with Gasteiger partial charge in [-0.25, -0.2) is 0 Å². The van der Waals surface area contributed by atoms with Gasteiger partial charge in [-0.2, -0.15) is 0 Å². The summed E-state index contributed by atoms with van der Waals surface area (Å²) < 4.78 is 16.0. The molecule has 1 atom stereocenters. The Balaban J connectivity index is 1.55. The van der Waals surface area contributed by atoms with Crippen molar-refractivity contribution in [3.8, 4) is 17.2 Å². The van der Waals surface area contributed by atoms with Crippen LogP contribution in [0, 0.1) is 0 Å². The van der Waals surface area contributed by atoms with Crippen LogP contribution in [0.5, 0.6) is 17.2 Å². The smallest absolute Gasteiger partial charge is 0.264 e. The molecule has 5 rings (SSSR count). The van der Waals surface area contributed by atoms with E-state index in [0.29, 0.717) is 39.6 Å². The maximum atomic E-state index is 13.7. The molecule has 0 fully saturated rings. The predicted molar refractivity (Wildman–Crippen MR) is 128 cm³/mol. The molecule has 0 aromatic heterocycles.